The minimum Gasteiger partial charge on any atom is -0.340 e. The maximum absolute atomic E-state index is 12.8. The number of nitrogens with one attached hydrogen (secondary N) is 1. The second-order valence-corrected chi connectivity index (χ2v) is 5.98. The minimum absolute atomic E-state index is 0. The quantitative estimate of drug-likeness (QED) is 0.861. The molecule has 4 nitrogen and oxygen atoms in total. The lowest BCUT2D eigenvalue weighted by molar-refractivity contribution is -0.140. The van der Waals surface area contributed by atoms with Crippen LogP contribution < -0.4 is 5.32 Å². The molecule has 2 aliphatic heterocycles. The average molecular weight is 326 g/mol. The van der Waals surface area contributed by atoms with E-state index < -0.39 is 0 Å². The SMILES string of the molecule is CCC1(C(=O)N2CCCC(N(C)C)C2)CCCN1.Cl.Cl. The van der Waals surface area contributed by atoms with Gasteiger partial charge < -0.3 is 15.1 Å². The summed E-state index contributed by atoms with van der Waals surface area (Å²) in [5, 5.41) is 3.46. The molecular weight excluding hydrogens is 297 g/mol. The fraction of sp³-hybridized carbons (Fsp3) is 0.929. The van der Waals surface area contributed by atoms with Gasteiger partial charge in [0.05, 0.1) is 5.54 Å². The molecule has 0 aromatic carbocycles. The lowest BCUT2D eigenvalue weighted by Gasteiger charge is -2.40. The molecule has 2 atom stereocenters. The molecular formula is C14H29Cl2N3O. The van der Waals surface area contributed by atoms with Crippen LogP contribution in [0.2, 0.25) is 0 Å². The maximum Gasteiger partial charge on any atom is 0.242 e. The van der Waals surface area contributed by atoms with Gasteiger partial charge in [0.1, 0.15) is 0 Å². The van der Waals surface area contributed by atoms with Gasteiger partial charge in [-0.3, -0.25) is 4.79 Å². The summed E-state index contributed by atoms with van der Waals surface area (Å²) >= 11 is 0. The van der Waals surface area contributed by atoms with Crippen molar-refractivity contribution >= 4 is 30.7 Å². The van der Waals surface area contributed by atoms with Gasteiger partial charge >= 0.3 is 0 Å². The van der Waals surface area contributed by atoms with E-state index in [9.17, 15) is 4.79 Å². The third-order valence-corrected chi connectivity index (χ3v) is 4.67. The summed E-state index contributed by atoms with van der Waals surface area (Å²) in [6, 6.07) is 0.526. The first-order valence-corrected chi connectivity index (χ1v) is 7.30. The molecule has 0 aliphatic carbocycles. The number of likely N-dealkylation sites (N-methyl/N-ethyl adjacent to an activating group) is 1. The number of nitrogens with zero attached hydrogens (tertiary/aromatic N) is 2. The summed E-state index contributed by atoms with van der Waals surface area (Å²) in [7, 11) is 4.23. The number of likely N-dealkylation sites (tertiary alicyclic amines) is 1. The number of hydrogen-bond acceptors (Lipinski definition) is 3. The highest BCUT2D eigenvalue weighted by atomic mass is 35.5. The molecule has 2 saturated heterocycles. The van der Waals surface area contributed by atoms with E-state index in [0.717, 1.165) is 45.3 Å². The molecule has 0 aromatic rings. The molecule has 120 valence electrons. The monoisotopic (exact) mass is 325 g/mol. The highest BCUT2D eigenvalue weighted by Gasteiger charge is 2.42. The van der Waals surface area contributed by atoms with Crippen LogP contribution in [0.5, 0.6) is 0 Å². The van der Waals surface area contributed by atoms with Crippen molar-refractivity contribution in [3.63, 3.8) is 0 Å². The number of carbonyl (C=O) groups is 1. The molecule has 0 saturated carbocycles. The van der Waals surface area contributed by atoms with Crippen LogP contribution in [0.15, 0.2) is 0 Å². The summed E-state index contributed by atoms with van der Waals surface area (Å²) in [4.78, 5) is 17.1. The van der Waals surface area contributed by atoms with Crippen LogP contribution in [0.25, 0.3) is 0 Å². The second-order valence-electron chi connectivity index (χ2n) is 5.98. The average Bonchev–Trinajstić information content (AvgIpc) is 2.88. The van der Waals surface area contributed by atoms with Crippen LogP contribution in [0.4, 0.5) is 0 Å². The Bertz CT molecular complexity index is 307. The summed E-state index contributed by atoms with van der Waals surface area (Å²) < 4.78 is 0. The van der Waals surface area contributed by atoms with Gasteiger partial charge in [-0.2, -0.15) is 0 Å². The van der Waals surface area contributed by atoms with E-state index >= 15 is 0 Å². The molecule has 1 N–H and O–H groups in total. The first-order valence-electron chi connectivity index (χ1n) is 7.30. The molecule has 0 spiro atoms. The molecule has 0 radical (unpaired) electrons. The van der Waals surface area contributed by atoms with Gasteiger partial charge in [0.25, 0.3) is 0 Å². The smallest absolute Gasteiger partial charge is 0.242 e. The zero-order valence-electron chi connectivity index (χ0n) is 12.9. The zero-order valence-corrected chi connectivity index (χ0v) is 14.5. The molecule has 2 rings (SSSR count). The van der Waals surface area contributed by atoms with Crippen LogP contribution in [-0.4, -0.2) is 61.0 Å². The maximum atomic E-state index is 12.8. The predicted octanol–water partition coefficient (Wildman–Crippen LogP) is 1.91. The van der Waals surface area contributed by atoms with E-state index in [0.29, 0.717) is 11.9 Å². The Labute approximate surface area is 135 Å². The number of amides is 1. The molecule has 0 bridgehead atoms. The van der Waals surface area contributed by atoms with Crippen molar-refractivity contribution < 1.29 is 4.79 Å². The van der Waals surface area contributed by atoms with Gasteiger partial charge in [-0.05, 0) is 52.7 Å². The van der Waals surface area contributed by atoms with Gasteiger partial charge in [0.15, 0.2) is 0 Å². The van der Waals surface area contributed by atoms with Gasteiger partial charge in [-0.1, -0.05) is 6.92 Å². The van der Waals surface area contributed by atoms with Crippen molar-refractivity contribution in [2.24, 2.45) is 0 Å². The molecule has 2 unspecified atom stereocenters. The Morgan fingerprint density at radius 1 is 1.35 bits per heavy atom. The Hall–Kier alpha value is -0.0300. The highest BCUT2D eigenvalue weighted by molar-refractivity contribution is 5.87. The third-order valence-electron chi connectivity index (χ3n) is 4.67. The van der Waals surface area contributed by atoms with Gasteiger partial charge in [0.2, 0.25) is 5.91 Å². The first kappa shape index (κ1) is 20.0. The van der Waals surface area contributed by atoms with Gasteiger partial charge in [0, 0.05) is 19.1 Å². The van der Waals surface area contributed by atoms with Crippen LogP contribution in [-0.2, 0) is 4.79 Å². The van der Waals surface area contributed by atoms with Gasteiger partial charge in [-0.15, -0.1) is 24.8 Å². The third kappa shape index (κ3) is 4.00. The Kier molecular flexibility index (Phi) is 8.41. The summed E-state index contributed by atoms with van der Waals surface area (Å²) in [6.45, 7) is 4.95. The Balaban J connectivity index is 0.00000180. The number of halogens is 2. The molecule has 2 fully saturated rings. The summed E-state index contributed by atoms with van der Waals surface area (Å²) in [5.41, 5.74) is -0.256. The summed E-state index contributed by atoms with van der Waals surface area (Å²) in [5.74, 6) is 0.342. The van der Waals surface area contributed by atoms with Crippen molar-refractivity contribution in [1.29, 1.82) is 0 Å². The van der Waals surface area contributed by atoms with Crippen molar-refractivity contribution in [2.45, 2.75) is 50.6 Å². The Morgan fingerprint density at radius 3 is 2.55 bits per heavy atom. The number of carbonyl (C=O) groups excluding carboxylic acids is 1. The molecule has 2 aliphatic rings. The standard InChI is InChI=1S/C14H27N3O.2ClH/c1-4-14(8-6-9-15-14)13(18)17-10-5-7-12(11-17)16(2)3;;/h12,15H,4-11H2,1-3H3;2*1H. The molecule has 6 heteroatoms. The Morgan fingerprint density at radius 2 is 2.05 bits per heavy atom. The van der Waals surface area contributed by atoms with Crippen LogP contribution >= 0.6 is 24.8 Å². The van der Waals surface area contributed by atoms with E-state index in [-0.39, 0.29) is 30.4 Å². The van der Waals surface area contributed by atoms with Crippen molar-refractivity contribution in [2.75, 3.05) is 33.7 Å². The molecule has 1 amide bonds. The lowest BCUT2D eigenvalue weighted by Crippen LogP contribution is -2.58. The molecule has 20 heavy (non-hydrogen) atoms. The molecule has 2 heterocycles. The zero-order chi connectivity index (χ0) is 13.2. The lowest BCUT2D eigenvalue weighted by atomic mass is 9.91. The molecule has 0 aromatic heterocycles. The van der Waals surface area contributed by atoms with E-state index in [1.807, 2.05) is 0 Å². The van der Waals surface area contributed by atoms with Crippen molar-refractivity contribution in [3.05, 3.63) is 0 Å². The fourth-order valence-corrected chi connectivity index (χ4v) is 3.31. The summed E-state index contributed by atoms with van der Waals surface area (Å²) in [6.07, 6.45) is 5.39. The largest absolute Gasteiger partial charge is 0.340 e. The van der Waals surface area contributed by atoms with Crippen LogP contribution in [0, 0.1) is 0 Å². The van der Waals surface area contributed by atoms with Crippen molar-refractivity contribution in [3.8, 4) is 0 Å². The minimum atomic E-state index is -0.256. The normalized spacial score (nSPS) is 29.8. The number of piperidine rings is 1. The first-order chi connectivity index (χ1) is 8.59. The van der Waals surface area contributed by atoms with Crippen LogP contribution in [0.3, 0.4) is 0 Å². The van der Waals surface area contributed by atoms with Crippen LogP contribution in [0.1, 0.15) is 39.0 Å². The second kappa shape index (κ2) is 8.42. The van der Waals surface area contributed by atoms with E-state index in [1.165, 1.54) is 6.42 Å². The van der Waals surface area contributed by atoms with E-state index in [1.54, 1.807) is 0 Å². The van der Waals surface area contributed by atoms with Gasteiger partial charge in [-0.25, -0.2) is 0 Å². The topological polar surface area (TPSA) is 35.6 Å². The van der Waals surface area contributed by atoms with E-state index in [2.05, 4.69) is 36.1 Å². The number of hydrogen-bond donors (Lipinski definition) is 1. The predicted molar refractivity (Wildman–Crippen MR) is 88.0 cm³/mol. The van der Waals surface area contributed by atoms with E-state index in [4.69, 9.17) is 0 Å². The number of rotatable bonds is 3. The van der Waals surface area contributed by atoms with Crippen molar-refractivity contribution in [1.82, 2.24) is 15.1 Å². The highest BCUT2D eigenvalue weighted by Crippen LogP contribution is 2.27. The fourth-order valence-electron chi connectivity index (χ4n) is 3.31.